The molecule has 0 aromatic rings. The molecule has 6 heteroatoms. The zero-order valence-corrected chi connectivity index (χ0v) is 11.8. The number of ether oxygens (including phenoxy) is 1. The molecule has 0 bridgehead atoms. The van der Waals surface area contributed by atoms with Crippen molar-refractivity contribution in [3.8, 4) is 0 Å². The number of rotatable bonds is 3. The fourth-order valence-electron chi connectivity index (χ4n) is 2.62. The van der Waals surface area contributed by atoms with Crippen molar-refractivity contribution in [1.82, 2.24) is 9.80 Å². The standard InChI is InChI=1S/C13H22N2O4/c1-12(2,3)19-11(18)14-8-13(9-14,7-10(16)17)15-5-4-6-15/h4-9H2,1-3H3,(H,16,17). The summed E-state index contributed by atoms with van der Waals surface area (Å²) in [7, 11) is 0. The van der Waals surface area contributed by atoms with Crippen molar-refractivity contribution in [2.45, 2.75) is 44.8 Å². The van der Waals surface area contributed by atoms with Crippen LogP contribution in [0.3, 0.4) is 0 Å². The molecule has 0 aliphatic carbocycles. The lowest BCUT2D eigenvalue weighted by molar-refractivity contribution is -0.148. The molecule has 2 heterocycles. The van der Waals surface area contributed by atoms with Gasteiger partial charge in [0.25, 0.3) is 0 Å². The highest BCUT2D eigenvalue weighted by Crippen LogP contribution is 2.35. The van der Waals surface area contributed by atoms with Gasteiger partial charge in [-0.15, -0.1) is 0 Å². The fourth-order valence-corrected chi connectivity index (χ4v) is 2.62. The Morgan fingerprint density at radius 2 is 1.84 bits per heavy atom. The van der Waals surface area contributed by atoms with Crippen LogP contribution in [0.2, 0.25) is 0 Å². The molecule has 0 saturated carbocycles. The van der Waals surface area contributed by atoms with Crippen molar-refractivity contribution in [2.75, 3.05) is 26.2 Å². The topological polar surface area (TPSA) is 70.1 Å². The molecule has 0 aromatic carbocycles. The highest BCUT2D eigenvalue weighted by atomic mass is 16.6. The summed E-state index contributed by atoms with van der Waals surface area (Å²) < 4.78 is 5.29. The number of amides is 1. The van der Waals surface area contributed by atoms with Gasteiger partial charge in [-0.25, -0.2) is 4.79 Å². The van der Waals surface area contributed by atoms with Crippen LogP contribution in [0.5, 0.6) is 0 Å². The van der Waals surface area contributed by atoms with E-state index in [0.717, 1.165) is 19.5 Å². The number of hydrogen-bond acceptors (Lipinski definition) is 4. The highest BCUT2D eigenvalue weighted by Gasteiger charge is 2.52. The normalized spacial score (nSPS) is 22.4. The van der Waals surface area contributed by atoms with Crippen LogP contribution in [-0.4, -0.2) is 64.3 Å². The second-order valence-corrected chi connectivity index (χ2v) is 6.47. The van der Waals surface area contributed by atoms with E-state index >= 15 is 0 Å². The number of likely N-dealkylation sites (tertiary alicyclic amines) is 2. The molecule has 2 saturated heterocycles. The van der Waals surface area contributed by atoms with Gasteiger partial charge in [0.15, 0.2) is 0 Å². The first-order valence-corrected chi connectivity index (χ1v) is 6.67. The Bertz CT molecular complexity index is 379. The summed E-state index contributed by atoms with van der Waals surface area (Å²) in [6, 6.07) is 0. The molecule has 0 aromatic heterocycles. The average molecular weight is 270 g/mol. The second kappa shape index (κ2) is 4.67. The minimum Gasteiger partial charge on any atom is -0.481 e. The first-order valence-electron chi connectivity index (χ1n) is 6.67. The number of nitrogens with zero attached hydrogens (tertiary/aromatic N) is 2. The zero-order valence-electron chi connectivity index (χ0n) is 11.8. The Morgan fingerprint density at radius 1 is 1.26 bits per heavy atom. The average Bonchev–Trinajstić information content (AvgIpc) is 2.05. The Hall–Kier alpha value is -1.30. The van der Waals surface area contributed by atoms with Crippen LogP contribution in [-0.2, 0) is 9.53 Å². The van der Waals surface area contributed by atoms with E-state index in [2.05, 4.69) is 4.90 Å². The smallest absolute Gasteiger partial charge is 0.410 e. The molecule has 108 valence electrons. The van der Waals surface area contributed by atoms with Crippen LogP contribution in [0.1, 0.15) is 33.6 Å². The number of aliphatic carboxylic acids is 1. The molecule has 6 nitrogen and oxygen atoms in total. The maximum absolute atomic E-state index is 11.9. The van der Waals surface area contributed by atoms with E-state index in [1.54, 1.807) is 4.90 Å². The Morgan fingerprint density at radius 3 is 2.21 bits per heavy atom. The molecule has 0 spiro atoms. The third-order valence-corrected chi connectivity index (χ3v) is 3.63. The predicted molar refractivity (Wildman–Crippen MR) is 69.0 cm³/mol. The molecule has 2 fully saturated rings. The number of carbonyl (C=O) groups is 2. The lowest BCUT2D eigenvalue weighted by atomic mass is 9.82. The molecule has 0 atom stereocenters. The largest absolute Gasteiger partial charge is 0.481 e. The van der Waals surface area contributed by atoms with Gasteiger partial charge in [0.1, 0.15) is 5.60 Å². The van der Waals surface area contributed by atoms with E-state index in [1.165, 1.54) is 0 Å². The Kier molecular flexibility index (Phi) is 3.47. The number of carboxylic acid groups (broad SMARTS) is 1. The lowest BCUT2D eigenvalue weighted by Gasteiger charge is -2.57. The van der Waals surface area contributed by atoms with Crippen molar-refractivity contribution >= 4 is 12.1 Å². The third kappa shape index (κ3) is 3.00. The van der Waals surface area contributed by atoms with Crippen molar-refractivity contribution in [2.24, 2.45) is 0 Å². The quantitative estimate of drug-likeness (QED) is 0.833. The monoisotopic (exact) mass is 270 g/mol. The first-order chi connectivity index (χ1) is 8.72. The first kappa shape index (κ1) is 14.1. The van der Waals surface area contributed by atoms with Gasteiger partial charge in [-0.1, -0.05) is 0 Å². The molecular formula is C13H22N2O4. The van der Waals surface area contributed by atoms with E-state index < -0.39 is 11.6 Å². The van der Waals surface area contributed by atoms with Crippen molar-refractivity contribution in [1.29, 1.82) is 0 Å². The SMILES string of the molecule is CC(C)(C)OC(=O)N1CC(CC(=O)O)(N2CCC2)C1. The van der Waals surface area contributed by atoms with E-state index in [9.17, 15) is 9.59 Å². The van der Waals surface area contributed by atoms with E-state index in [0.29, 0.717) is 13.1 Å². The van der Waals surface area contributed by atoms with E-state index in [4.69, 9.17) is 9.84 Å². The Balaban J connectivity index is 1.93. The van der Waals surface area contributed by atoms with Gasteiger partial charge in [-0.2, -0.15) is 0 Å². The van der Waals surface area contributed by atoms with Crippen LogP contribution in [0, 0.1) is 0 Å². The summed E-state index contributed by atoms with van der Waals surface area (Å²) in [4.78, 5) is 26.6. The summed E-state index contributed by atoms with van der Waals surface area (Å²) in [5.41, 5.74) is -0.889. The molecule has 19 heavy (non-hydrogen) atoms. The number of hydrogen-bond donors (Lipinski definition) is 1. The maximum Gasteiger partial charge on any atom is 0.410 e. The van der Waals surface area contributed by atoms with Gasteiger partial charge < -0.3 is 14.7 Å². The van der Waals surface area contributed by atoms with Gasteiger partial charge in [0.2, 0.25) is 0 Å². The number of carboxylic acids is 1. The molecule has 2 aliphatic heterocycles. The summed E-state index contributed by atoms with van der Waals surface area (Å²) >= 11 is 0. The molecule has 0 radical (unpaired) electrons. The molecule has 2 aliphatic rings. The van der Waals surface area contributed by atoms with Crippen molar-refractivity contribution < 1.29 is 19.4 Å². The summed E-state index contributed by atoms with van der Waals surface area (Å²) in [6.45, 7) is 8.23. The van der Waals surface area contributed by atoms with Crippen LogP contribution in [0.25, 0.3) is 0 Å². The van der Waals surface area contributed by atoms with Gasteiger partial charge in [-0.3, -0.25) is 9.69 Å². The van der Waals surface area contributed by atoms with Gasteiger partial charge in [0, 0.05) is 26.2 Å². The van der Waals surface area contributed by atoms with E-state index in [-0.39, 0.29) is 18.1 Å². The van der Waals surface area contributed by atoms with Crippen LogP contribution >= 0.6 is 0 Å². The summed E-state index contributed by atoms with van der Waals surface area (Å²) in [5, 5.41) is 9.03. The van der Waals surface area contributed by atoms with Crippen LogP contribution in [0.15, 0.2) is 0 Å². The highest BCUT2D eigenvalue weighted by molar-refractivity contribution is 5.73. The maximum atomic E-state index is 11.9. The second-order valence-electron chi connectivity index (χ2n) is 6.47. The number of carbonyl (C=O) groups excluding carboxylic acids is 1. The van der Waals surface area contributed by atoms with Gasteiger partial charge in [0.05, 0.1) is 12.0 Å². The molecular weight excluding hydrogens is 248 g/mol. The zero-order chi connectivity index (χ0) is 14.3. The van der Waals surface area contributed by atoms with E-state index in [1.807, 2.05) is 20.8 Å². The minimum absolute atomic E-state index is 0.0896. The van der Waals surface area contributed by atoms with Crippen molar-refractivity contribution in [3.63, 3.8) is 0 Å². The Labute approximate surface area is 113 Å². The molecule has 0 unspecified atom stereocenters. The minimum atomic E-state index is -0.810. The molecule has 2 rings (SSSR count). The van der Waals surface area contributed by atoms with Gasteiger partial charge in [-0.05, 0) is 27.2 Å². The van der Waals surface area contributed by atoms with Crippen LogP contribution < -0.4 is 0 Å². The van der Waals surface area contributed by atoms with Crippen molar-refractivity contribution in [3.05, 3.63) is 0 Å². The summed E-state index contributed by atoms with van der Waals surface area (Å²) in [5.74, 6) is -0.810. The van der Waals surface area contributed by atoms with Gasteiger partial charge >= 0.3 is 12.1 Å². The third-order valence-electron chi connectivity index (χ3n) is 3.63. The summed E-state index contributed by atoms with van der Waals surface area (Å²) in [6.07, 6.45) is 0.842. The fraction of sp³-hybridized carbons (Fsp3) is 0.846. The van der Waals surface area contributed by atoms with Crippen LogP contribution in [0.4, 0.5) is 4.79 Å². The molecule has 1 amide bonds. The molecule has 1 N–H and O–H groups in total. The predicted octanol–water partition coefficient (Wildman–Crippen LogP) is 1.16. The lowest BCUT2D eigenvalue weighted by Crippen LogP contribution is -2.74.